The van der Waals surface area contributed by atoms with Crippen molar-refractivity contribution in [1.82, 2.24) is 0 Å². The van der Waals surface area contributed by atoms with Gasteiger partial charge in [-0.2, -0.15) is 0 Å². The van der Waals surface area contributed by atoms with Crippen molar-refractivity contribution >= 4 is 5.78 Å². The number of rotatable bonds is 2. The molecule has 0 spiro atoms. The Hall–Kier alpha value is -0.410. The van der Waals surface area contributed by atoms with Crippen LogP contribution in [0, 0.1) is 0 Å². The molecular formula is C8H14O3. The summed E-state index contributed by atoms with van der Waals surface area (Å²) >= 11 is 0. The Morgan fingerprint density at radius 2 is 2.36 bits per heavy atom. The lowest BCUT2D eigenvalue weighted by Crippen LogP contribution is -2.36. The van der Waals surface area contributed by atoms with E-state index < -0.39 is 6.29 Å². The molecule has 2 unspecified atom stereocenters. The molecular weight excluding hydrogens is 144 g/mol. The number of carbonyl (C=O) groups excluding carboxylic acids is 1. The molecule has 1 fully saturated rings. The predicted octanol–water partition coefficient (Wildman–Crippen LogP) is 1.12. The molecule has 0 N–H and O–H groups in total. The number of ether oxygens (including phenoxy) is 2. The molecule has 0 radical (unpaired) electrons. The minimum Gasteiger partial charge on any atom is -0.346 e. The maximum absolute atomic E-state index is 11.1. The summed E-state index contributed by atoms with van der Waals surface area (Å²) in [7, 11) is 0. The molecule has 11 heavy (non-hydrogen) atoms. The first kappa shape index (κ1) is 8.68. The maximum atomic E-state index is 11.1. The first-order chi connectivity index (χ1) is 5.24. The van der Waals surface area contributed by atoms with Crippen LogP contribution in [0.1, 0.15) is 26.7 Å². The van der Waals surface area contributed by atoms with Crippen molar-refractivity contribution in [3.8, 4) is 0 Å². The third-order valence-corrected chi connectivity index (χ3v) is 1.76. The Morgan fingerprint density at radius 1 is 1.64 bits per heavy atom. The summed E-state index contributed by atoms with van der Waals surface area (Å²) in [5, 5.41) is 0. The van der Waals surface area contributed by atoms with E-state index in [0.717, 1.165) is 6.42 Å². The van der Waals surface area contributed by atoms with Gasteiger partial charge in [0.15, 0.2) is 5.78 Å². The van der Waals surface area contributed by atoms with Gasteiger partial charge in [0.2, 0.25) is 6.29 Å². The van der Waals surface area contributed by atoms with E-state index in [1.165, 1.54) is 0 Å². The van der Waals surface area contributed by atoms with Gasteiger partial charge in [-0.1, -0.05) is 6.92 Å². The SMILES string of the molecule is CCC(=O)C1OCCC(C)O1. The fourth-order valence-corrected chi connectivity index (χ4v) is 0.995. The molecule has 1 saturated heterocycles. The third kappa shape index (κ3) is 2.27. The van der Waals surface area contributed by atoms with Crippen LogP contribution in [0.5, 0.6) is 0 Å². The Balaban J connectivity index is 2.39. The van der Waals surface area contributed by atoms with Gasteiger partial charge in [-0.25, -0.2) is 0 Å². The molecule has 0 saturated carbocycles. The molecule has 0 amide bonds. The van der Waals surface area contributed by atoms with Gasteiger partial charge in [0.25, 0.3) is 0 Å². The van der Waals surface area contributed by atoms with E-state index >= 15 is 0 Å². The molecule has 0 aliphatic carbocycles. The van der Waals surface area contributed by atoms with E-state index in [0.29, 0.717) is 13.0 Å². The van der Waals surface area contributed by atoms with Crippen molar-refractivity contribution in [3.63, 3.8) is 0 Å². The van der Waals surface area contributed by atoms with E-state index in [2.05, 4.69) is 0 Å². The monoisotopic (exact) mass is 158 g/mol. The highest BCUT2D eigenvalue weighted by Crippen LogP contribution is 2.13. The van der Waals surface area contributed by atoms with Crippen molar-refractivity contribution in [3.05, 3.63) is 0 Å². The third-order valence-electron chi connectivity index (χ3n) is 1.76. The largest absolute Gasteiger partial charge is 0.346 e. The lowest BCUT2D eigenvalue weighted by atomic mass is 10.2. The summed E-state index contributed by atoms with van der Waals surface area (Å²) in [6, 6.07) is 0. The molecule has 1 rings (SSSR count). The summed E-state index contributed by atoms with van der Waals surface area (Å²) < 4.78 is 10.4. The van der Waals surface area contributed by atoms with Gasteiger partial charge in [-0.3, -0.25) is 4.79 Å². The van der Waals surface area contributed by atoms with Crippen LogP contribution in [0.2, 0.25) is 0 Å². The maximum Gasteiger partial charge on any atom is 0.218 e. The molecule has 2 atom stereocenters. The smallest absolute Gasteiger partial charge is 0.218 e. The van der Waals surface area contributed by atoms with Gasteiger partial charge < -0.3 is 9.47 Å². The average Bonchev–Trinajstić information content (AvgIpc) is 2.03. The highest BCUT2D eigenvalue weighted by atomic mass is 16.7. The fourth-order valence-electron chi connectivity index (χ4n) is 0.995. The number of hydrogen-bond acceptors (Lipinski definition) is 3. The van der Waals surface area contributed by atoms with Crippen molar-refractivity contribution in [2.75, 3.05) is 6.61 Å². The topological polar surface area (TPSA) is 35.5 Å². The molecule has 64 valence electrons. The van der Waals surface area contributed by atoms with Crippen molar-refractivity contribution in [2.24, 2.45) is 0 Å². The number of Topliss-reactive ketones (excluding diaryl/α,β-unsaturated/α-hetero) is 1. The second-order valence-electron chi connectivity index (χ2n) is 2.76. The highest BCUT2D eigenvalue weighted by Gasteiger charge is 2.24. The number of carbonyl (C=O) groups is 1. The van der Waals surface area contributed by atoms with E-state index in [4.69, 9.17) is 9.47 Å². The van der Waals surface area contributed by atoms with Crippen LogP contribution in [-0.2, 0) is 14.3 Å². The molecule has 0 aromatic heterocycles. The summed E-state index contributed by atoms with van der Waals surface area (Å²) in [5.41, 5.74) is 0. The van der Waals surface area contributed by atoms with E-state index in [1.54, 1.807) is 0 Å². The first-order valence-electron chi connectivity index (χ1n) is 4.03. The standard InChI is InChI=1S/C8H14O3/c1-3-7(9)8-10-5-4-6(2)11-8/h6,8H,3-5H2,1-2H3. The number of hydrogen-bond donors (Lipinski definition) is 0. The van der Waals surface area contributed by atoms with Crippen LogP contribution >= 0.6 is 0 Å². The average molecular weight is 158 g/mol. The van der Waals surface area contributed by atoms with Crippen LogP contribution in [0.25, 0.3) is 0 Å². The Labute approximate surface area is 66.7 Å². The van der Waals surface area contributed by atoms with Gasteiger partial charge in [0.1, 0.15) is 0 Å². The van der Waals surface area contributed by atoms with E-state index in [-0.39, 0.29) is 11.9 Å². The normalized spacial score (nSPS) is 31.8. The lowest BCUT2D eigenvalue weighted by molar-refractivity contribution is -0.207. The minimum absolute atomic E-state index is 0.0385. The molecule has 1 aliphatic heterocycles. The zero-order valence-electron chi connectivity index (χ0n) is 7.00. The minimum atomic E-state index is -0.594. The summed E-state index contributed by atoms with van der Waals surface area (Å²) in [4.78, 5) is 11.1. The van der Waals surface area contributed by atoms with Gasteiger partial charge in [-0.05, 0) is 13.3 Å². The zero-order valence-corrected chi connectivity index (χ0v) is 7.00. The Morgan fingerprint density at radius 3 is 2.91 bits per heavy atom. The van der Waals surface area contributed by atoms with Crippen LogP contribution < -0.4 is 0 Å². The molecule has 0 aromatic carbocycles. The van der Waals surface area contributed by atoms with Gasteiger partial charge in [0.05, 0.1) is 12.7 Å². The zero-order chi connectivity index (χ0) is 8.27. The fraction of sp³-hybridized carbons (Fsp3) is 0.875. The van der Waals surface area contributed by atoms with Crippen molar-refractivity contribution < 1.29 is 14.3 Å². The van der Waals surface area contributed by atoms with E-state index in [9.17, 15) is 4.79 Å². The van der Waals surface area contributed by atoms with Crippen LogP contribution in [0.4, 0.5) is 0 Å². The van der Waals surface area contributed by atoms with Crippen molar-refractivity contribution in [2.45, 2.75) is 39.1 Å². The first-order valence-corrected chi connectivity index (χ1v) is 4.03. The van der Waals surface area contributed by atoms with Crippen LogP contribution in [0.15, 0.2) is 0 Å². The Kier molecular flexibility index (Phi) is 3.02. The quantitative estimate of drug-likeness (QED) is 0.604. The molecule has 0 bridgehead atoms. The molecule has 1 heterocycles. The van der Waals surface area contributed by atoms with Crippen LogP contribution in [0.3, 0.4) is 0 Å². The summed E-state index contributed by atoms with van der Waals surface area (Å²) in [5.74, 6) is 0.0385. The van der Waals surface area contributed by atoms with Gasteiger partial charge >= 0.3 is 0 Å². The second kappa shape index (κ2) is 3.83. The van der Waals surface area contributed by atoms with Crippen LogP contribution in [-0.4, -0.2) is 24.8 Å². The molecule has 1 aliphatic rings. The highest BCUT2D eigenvalue weighted by molar-refractivity contribution is 5.81. The summed E-state index contributed by atoms with van der Waals surface area (Å²) in [6.45, 7) is 4.41. The molecule has 3 nitrogen and oxygen atoms in total. The lowest BCUT2D eigenvalue weighted by Gasteiger charge is -2.26. The summed E-state index contributed by atoms with van der Waals surface area (Å²) in [6.07, 6.45) is 0.929. The number of ketones is 1. The van der Waals surface area contributed by atoms with Gasteiger partial charge in [-0.15, -0.1) is 0 Å². The molecule has 0 aromatic rings. The Bertz CT molecular complexity index is 144. The van der Waals surface area contributed by atoms with Crippen molar-refractivity contribution in [1.29, 1.82) is 0 Å². The van der Waals surface area contributed by atoms with Gasteiger partial charge in [0, 0.05) is 6.42 Å². The second-order valence-corrected chi connectivity index (χ2v) is 2.76. The predicted molar refractivity (Wildman–Crippen MR) is 40.2 cm³/mol. The van der Waals surface area contributed by atoms with E-state index in [1.807, 2.05) is 13.8 Å². The molecule has 3 heteroatoms.